The van der Waals surface area contributed by atoms with E-state index in [2.05, 4.69) is 11.1 Å². The Morgan fingerprint density at radius 2 is 2.00 bits per heavy atom. The van der Waals surface area contributed by atoms with Crippen LogP contribution in [-0.4, -0.2) is 30.1 Å². The monoisotopic (exact) mass is 232 g/mol. The molecule has 17 heavy (non-hydrogen) atoms. The molecule has 1 aromatic carbocycles. The number of aromatic amines is 1. The summed E-state index contributed by atoms with van der Waals surface area (Å²) in [5.74, 6) is -0.180. The summed E-state index contributed by atoms with van der Waals surface area (Å²) in [6.45, 7) is 4.08. The molecule has 2 aromatic rings. The van der Waals surface area contributed by atoms with Gasteiger partial charge in [0.15, 0.2) is 0 Å². The topological polar surface area (TPSA) is 45.3 Å². The standard InChI is InChI=1S/C13H16N2O2/c1-8-5-9(2)10-7-12(14-11(10)6-8)13(16)15(3)17-4/h5-7,14H,1-4H3. The van der Waals surface area contributed by atoms with Crippen LogP contribution < -0.4 is 0 Å². The second kappa shape index (κ2) is 4.22. The fourth-order valence-electron chi connectivity index (χ4n) is 1.97. The minimum absolute atomic E-state index is 0.180. The molecule has 0 bridgehead atoms. The average Bonchev–Trinajstić information content (AvgIpc) is 2.70. The zero-order valence-corrected chi connectivity index (χ0v) is 10.5. The van der Waals surface area contributed by atoms with Crippen LogP contribution in [0.25, 0.3) is 10.9 Å². The van der Waals surface area contributed by atoms with Crippen molar-refractivity contribution in [2.24, 2.45) is 0 Å². The van der Waals surface area contributed by atoms with Crippen LogP contribution in [0.5, 0.6) is 0 Å². The highest BCUT2D eigenvalue weighted by Crippen LogP contribution is 2.21. The Kier molecular flexibility index (Phi) is 2.90. The maximum absolute atomic E-state index is 11.9. The fourth-order valence-corrected chi connectivity index (χ4v) is 1.97. The van der Waals surface area contributed by atoms with E-state index in [-0.39, 0.29) is 5.91 Å². The Hall–Kier alpha value is -1.81. The van der Waals surface area contributed by atoms with E-state index >= 15 is 0 Å². The largest absolute Gasteiger partial charge is 0.350 e. The number of nitrogens with zero attached hydrogens (tertiary/aromatic N) is 1. The zero-order valence-electron chi connectivity index (χ0n) is 10.5. The molecule has 0 saturated heterocycles. The first-order chi connectivity index (χ1) is 8.02. The molecule has 0 atom stereocenters. The fraction of sp³-hybridized carbons (Fsp3) is 0.308. The number of aromatic nitrogens is 1. The summed E-state index contributed by atoms with van der Waals surface area (Å²) in [6, 6.07) is 6.00. The van der Waals surface area contributed by atoms with Crippen LogP contribution in [0.1, 0.15) is 21.6 Å². The Labute approximate surface area is 100 Å². The third-order valence-electron chi connectivity index (χ3n) is 2.88. The van der Waals surface area contributed by atoms with Crippen LogP contribution in [0.2, 0.25) is 0 Å². The molecule has 0 aliphatic carbocycles. The number of carbonyl (C=O) groups excluding carboxylic acids is 1. The van der Waals surface area contributed by atoms with Crippen molar-refractivity contribution in [3.05, 3.63) is 35.0 Å². The van der Waals surface area contributed by atoms with E-state index < -0.39 is 0 Å². The molecular weight excluding hydrogens is 216 g/mol. The van der Waals surface area contributed by atoms with Crippen molar-refractivity contribution in [2.45, 2.75) is 13.8 Å². The predicted octanol–water partition coefficient (Wildman–Crippen LogP) is 2.42. The van der Waals surface area contributed by atoms with Crippen molar-refractivity contribution in [3.63, 3.8) is 0 Å². The van der Waals surface area contributed by atoms with Crippen molar-refractivity contribution in [1.82, 2.24) is 10.0 Å². The quantitative estimate of drug-likeness (QED) is 0.808. The molecular formula is C13H16N2O2. The first-order valence-corrected chi connectivity index (χ1v) is 5.45. The van der Waals surface area contributed by atoms with Gasteiger partial charge in [0.1, 0.15) is 5.69 Å². The molecule has 0 fully saturated rings. The van der Waals surface area contributed by atoms with Crippen molar-refractivity contribution in [1.29, 1.82) is 0 Å². The molecule has 0 aliphatic heterocycles. The van der Waals surface area contributed by atoms with Gasteiger partial charge in [-0.1, -0.05) is 6.07 Å². The molecule has 4 heteroatoms. The highest BCUT2D eigenvalue weighted by atomic mass is 16.7. The molecule has 4 nitrogen and oxygen atoms in total. The summed E-state index contributed by atoms with van der Waals surface area (Å²) in [4.78, 5) is 19.9. The molecule has 1 aromatic heterocycles. The number of hydrogen-bond donors (Lipinski definition) is 1. The lowest BCUT2D eigenvalue weighted by Gasteiger charge is -2.11. The van der Waals surface area contributed by atoms with E-state index in [4.69, 9.17) is 4.84 Å². The molecule has 0 radical (unpaired) electrons. The van der Waals surface area contributed by atoms with E-state index in [1.807, 2.05) is 26.0 Å². The minimum atomic E-state index is -0.180. The summed E-state index contributed by atoms with van der Waals surface area (Å²) in [5, 5.41) is 2.27. The van der Waals surface area contributed by atoms with Gasteiger partial charge in [-0.3, -0.25) is 9.63 Å². The molecule has 0 aliphatic rings. The molecule has 1 heterocycles. The van der Waals surface area contributed by atoms with E-state index in [0.717, 1.165) is 16.5 Å². The molecule has 0 saturated carbocycles. The van der Waals surface area contributed by atoms with Gasteiger partial charge in [-0.15, -0.1) is 0 Å². The second-order valence-corrected chi connectivity index (χ2v) is 4.21. The Morgan fingerprint density at radius 1 is 1.29 bits per heavy atom. The molecule has 2 rings (SSSR count). The van der Waals surface area contributed by atoms with Crippen LogP contribution in [0.15, 0.2) is 18.2 Å². The highest BCUT2D eigenvalue weighted by molar-refractivity contribution is 5.98. The SMILES string of the molecule is CON(C)C(=O)c1cc2c(C)cc(C)cc2[nH]1. The third-order valence-corrected chi connectivity index (χ3v) is 2.88. The summed E-state index contributed by atoms with van der Waals surface area (Å²) >= 11 is 0. The number of hydrogen-bond acceptors (Lipinski definition) is 2. The van der Waals surface area contributed by atoms with Crippen LogP contribution >= 0.6 is 0 Å². The Balaban J connectivity index is 2.52. The van der Waals surface area contributed by atoms with Crippen molar-refractivity contribution in [2.75, 3.05) is 14.2 Å². The third kappa shape index (κ3) is 2.03. The van der Waals surface area contributed by atoms with Gasteiger partial charge in [-0.2, -0.15) is 0 Å². The summed E-state index contributed by atoms with van der Waals surface area (Å²) < 4.78 is 0. The number of nitrogens with one attached hydrogen (secondary N) is 1. The second-order valence-electron chi connectivity index (χ2n) is 4.21. The van der Waals surface area contributed by atoms with Crippen molar-refractivity contribution < 1.29 is 9.63 Å². The van der Waals surface area contributed by atoms with Crippen LogP contribution in [-0.2, 0) is 4.84 Å². The van der Waals surface area contributed by atoms with E-state index in [0.29, 0.717) is 5.69 Å². The van der Waals surface area contributed by atoms with Crippen LogP contribution in [0.3, 0.4) is 0 Å². The van der Waals surface area contributed by atoms with Crippen molar-refractivity contribution >= 4 is 16.8 Å². The highest BCUT2D eigenvalue weighted by Gasteiger charge is 2.14. The Bertz CT molecular complexity index is 572. The molecule has 90 valence electrons. The number of hydroxylamine groups is 2. The average molecular weight is 232 g/mol. The summed E-state index contributed by atoms with van der Waals surface area (Å²) in [5.41, 5.74) is 3.86. The van der Waals surface area contributed by atoms with Gasteiger partial charge in [-0.05, 0) is 37.1 Å². The van der Waals surface area contributed by atoms with Crippen LogP contribution in [0.4, 0.5) is 0 Å². The normalized spacial score (nSPS) is 10.8. The van der Waals surface area contributed by atoms with Gasteiger partial charge in [0.05, 0.1) is 7.11 Å². The van der Waals surface area contributed by atoms with Gasteiger partial charge >= 0.3 is 0 Å². The number of carbonyl (C=O) groups is 1. The van der Waals surface area contributed by atoms with Crippen molar-refractivity contribution in [3.8, 4) is 0 Å². The smallest absolute Gasteiger partial charge is 0.293 e. The minimum Gasteiger partial charge on any atom is -0.350 e. The Morgan fingerprint density at radius 3 is 2.65 bits per heavy atom. The number of benzene rings is 1. The van der Waals surface area contributed by atoms with Gasteiger partial charge in [0.25, 0.3) is 5.91 Å². The summed E-state index contributed by atoms with van der Waals surface area (Å²) in [6.07, 6.45) is 0. The maximum Gasteiger partial charge on any atom is 0.293 e. The molecule has 1 N–H and O–H groups in total. The predicted molar refractivity (Wildman–Crippen MR) is 66.9 cm³/mol. The van der Waals surface area contributed by atoms with E-state index in [1.165, 1.54) is 17.7 Å². The van der Waals surface area contributed by atoms with Gasteiger partial charge < -0.3 is 4.98 Å². The zero-order chi connectivity index (χ0) is 12.6. The first kappa shape index (κ1) is 11.7. The number of amides is 1. The number of H-pyrrole nitrogens is 1. The van der Waals surface area contributed by atoms with E-state index in [1.54, 1.807) is 7.05 Å². The maximum atomic E-state index is 11.9. The number of rotatable bonds is 2. The lowest BCUT2D eigenvalue weighted by Crippen LogP contribution is -2.25. The van der Waals surface area contributed by atoms with Crippen LogP contribution in [0, 0.1) is 13.8 Å². The molecule has 0 unspecified atom stereocenters. The number of fused-ring (bicyclic) bond motifs is 1. The van der Waals surface area contributed by atoms with E-state index in [9.17, 15) is 4.79 Å². The first-order valence-electron chi connectivity index (χ1n) is 5.45. The lowest BCUT2D eigenvalue weighted by atomic mass is 10.1. The summed E-state index contributed by atoms with van der Waals surface area (Å²) in [7, 11) is 3.06. The van der Waals surface area contributed by atoms with Gasteiger partial charge in [-0.25, -0.2) is 5.06 Å². The van der Waals surface area contributed by atoms with Gasteiger partial charge in [0, 0.05) is 18.0 Å². The molecule has 1 amide bonds. The van der Waals surface area contributed by atoms with Gasteiger partial charge in [0.2, 0.25) is 0 Å². The number of aryl methyl sites for hydroxylation is 2. The lowest BCUT2D eigenvalue weighted by molar-refractivity contribution is -0.0759. The molecule has 0 spiro atoms.